The van der Waals surface area contributed by atoms with E-state index in [2.05, 4.69) is 48.6 Å². The number of aromatic nitrogens is 1. The predicted octanol–water partition coefficient (Wildman–Crippen LogP) is 3.74. The fraction of sp³-hybridized carbons (Fsp3) is 0.625. The molecule has 6 nitrogen and oxygen atoms in total. The summed E-state index contributed by atoms with van der Waals surface area (Å²) < 4.78 is 14.0. The number of halogens is 2. The lowest BCUT2D eigenvalue weighted by atomic mass is 9.81. The highest BCUT2D eigenvalue weighted by atomic mass is 79.9. The lowest BCUT2D eigenvalue weighted by Crippen LogP contribution is -2.42. The van der Waals surface area contributed by atoms with E-state index in [1.54, 1.807) is 0 Å². The first-order chi connectivity index (χ1) is 15.5. The molecule has 4 atom stereocenters. The van der Waals surface area contributed by atoms with Gasteiger partial charge in [0.1, 0.15) is 4.60 Å². The largest absolute Gasteiger partial charge is 0.356 e. The molecule has 32 heavy (non-hydrogen) atoms. The minimum absolute atomic E-state index is 0.0189. The molecule has 3 aliphatic carbocycles. The maximum absolute atomic E-state index is 13.9. The van der Waals surface area contributed by atoms with Gasteiger partial charge in [0.15, 0.2) is 5.82 Å². The molecule has 172 valence electrons. The Morgan fingerprint density at radius 2 is 1.81 bits per heavy atom. The molecule has 0 unspecified atom stereocenters. The molecule has 8 heteroatoms. The van der Waals surface area contributed by atoms with Crippen LogP contribution in [0.15, 0.2) is 29.0 Å². The number of pyridine rings is 1. The fourth-order valence-corrected chi connectivity index (χ4v) is 6.44. The van der Waals surface area contributed by atoms with Crippen molar-refractivity contribution in [2.75, 3.05) is 31.5 Å². The zero-order chi connectivity index (χ0) is 22.3. The third-order valence-electron chi connectivity index (χ3n) is 7.91. The van der Waals surface area contributed by atoms with Crippen molar-refractivity contribution < 1.29 is 14.0 Å². The van der Waals surface area contributed by atoms with Gasteiger partial charge in [0.2, 0.25) is 11.8 Å². The number of carbonyl (C=O) groups is 2. The number of amides is 2. The number of unbranched alkanes of at least 4 members (excludes halogenated alkanes) is 1. The Morgan fingerprint density at radius 1 is 1.12 bits per heavy atom. The molecule has 0 aromatic carbocycles. The number of likely N-dealkylation sites (tertiary alicyclic amines) is 1. The van der Waals surface area contributed by atoms with Crippen LogP contribution in [0.25, 0.3) is 0 Å². The van der Waals surface area contributed by atoms with E-state index in [4.69, 9.17) is 0 Å². The van der Waals surface area contributed by atoms with Gasteiger partial charge in [0.25, 0.3) is 0 Å². The summed E-state index contributed by atoms with van der Waals surface area (Å²) in [6, 6.07) is 1.25. The molecule has 2 heterocycles. The molecular weight excluding hydrogens is 475 g/mol. The third kappa shape index (κ3) is 4.00. The molecule has 0 radical (unpaired) electrons. The van der Waals surface area contributed by atoms with E-state index in [1.807, 2.05) is 0 Å². The van der Waals surface area contributed by atoms with Crippen molar-refractivity contribution >= 4 is 33.4 Å². The molecule has 2 N–H and O–H groups in total. The molecule has 2 amide bonds. The number of hydrogen-bond acceptors (Lipinski definition) is 4. The number of allylic oxidation sites excluding steroid dienone is 2. The number of anilines is 1. The molecule has 1 spiro atoms. The van der Waals surface area contributed by atoms with E-state index in [-0.39, 0.29) is 39.6 Å². The van der Waals surface area contributed by atoms with Crippen molar-refractivity contribution in [1.29, 1.82) is 0 Å². The van der Waals surface area contributed by atoms with E-state index in [0.29, 0.717) is 12.2 Å². The molecule has 2 bridgehead atoms. The van der Waals surface area contributed by atoms with Gasteiger partial charge in [0, 0.05) is 12.6 Å². The summed E-state index contributed by atoms with van der Waals surface area (Å²) in [6.07, 6.45) is 12.4. The van der Waals surface area contributed by atoms with E-state index in [1.165, 1.54) is 38.2 Å². The first-order valence-electron chi connectivity index (χ1n) is 11.8. The summed E-state index contributed by atoms with van der Waals surface area (Å²) in [5.41, 5.74) is 0.386. The summed E-state index contributed by atoms with van der Waals surface area (Å²) in [5, 5.41) is 5.93. The van der Waals surface area contributed by atoms with Crippen LogP contribution < -0.4 is 10.6 Å². The Balaban J connectivity index is 1.22. The van der Waals surface area contributed by atoms with Gasteiger partial charge in [-0.05, 0) is 91.3 Å². The van der Waals surface area contributed by atoms with Crippen LogP contribution >= 0.6 is 15.9 Å². The lowest BCUT2D eigenvalue weighted by molar-refractivity contribution is -0.132. The molecule has 3 fully saturated rings. The molecular formula is C24H30BrFN4O2. The second-order valence-corrected chi connectivity index (χ2v) is 10.5. The van der Waals surface area contributed by atoms with Crippen LogP contribution in [0.1, 0.15) is 38.5 Å². The average Bonchev–Trinajstić information content (AvgIpc) is 3.13. The SMILES string of the molecule is O=C(NCCCCN1CCCC1)[C@H]1[C@H](C(=O)Nc2cnc(Br)c(F)c2)[C@H]2C=C[C@H]1C21CC1. The Hall–Kier alpha value is -1.80. The molecule has 1 aromatic heterocycles. The molecule has 2 saturated carbocycles. The highest BCUT2D eigenvalue weighted by Gasteiger charge is 2.69. The second-order valence-electron chi connectivity index (χ2n) is 9.75. The van der Waals surface area contributed by atoms with Crippen molar-refractivity contribution in [3.63, 3.8) is 0 Å². The predicted molar refractivity (Wildman–Crippen MR) is 123 cm³/mol. The van der Waals surface area contributed by atoms with Crippen LogP contribution in [0.2, 0.25) is 0 Å². The number of nitrogens with zero attached hydrogens (tertiary/aromatic N) is 2. The van der Waals surface area contributed by atoms with Crippen LogP contribution in [0.3, 0.4) is 0 Å². The van der Waals surface area contributed by atoms with Crippen LogP contribution in [-0.2, 0) is 9.59 Å². The maximum atomic E-state index is 13.9. The highest BCUT2D eigenvalue weighted by Crippen LogP contribution is 2.72. The minimum atomic E-state index is -0.530. The van der Waals surface area contributed by atoms with Crippen LogP contribution in [0.5, 0.6) is 0 Å². The normalized spacial score (nSPS) is 29.6. The van der Waals surface area contributed by atoms with Gasteiger partial charge in [-0.3, -0.25) is 9.59 Å². The number of hydrogen-bond donors (Lipinski definition) is 2. The number of nitrogens with one attached hydrogen (secondary N) is 2. The van der Waals surface area contributed by atoms with Gasteiger partial charge in [0.05, 0.1) is 23.7 Å². The van der Waals surface area contributed by atoms with Gasteiger partial charge in [-0.15, -0.1) is 0 Å². The van der Waals surface area contributed by atoms with Gasteiger partial charge in [-0.25, -0.2) is 9.37 Å². The second kappa shape index (κ2) is 8.86. The smallest absolute Gasteiger partial charge is 0.228 e. The topological polar surface area (TPSA) is 74.3 Å². The maximum Gasteiger partial charge on any atom is 0.228 e. The fourth-order valence-electron chi connectivity index (χ4n) is 6.22. The molecule has 1 saturated heterocycles. The third-order valence-corrected chi connectivity index (χ3v) is 8.49. The molecule has 1 aromatic rings. The van der Waals surface area contributed by atoms with Crippen molar-refractivity contribution in [3.05, 3.63) is 34.8 Å². The Kier molecular flexibility index (Phi) is 6.09. The quantitative estimate of drug-likeness (QED) is 0.321. The Labute approximate surface area is 196 Å². The zero-order valence-corrected chi connectivity index (χ0v) is 19.7. The summed E-state index contributed by atoms with van der Waals surface area (Å²) in [6.45, 7) is 4.13. The van der Waals surface area contributed by atoms with Gasteiger partial charge >= 0.3 is 0 Å². The minimum Gasteiger partial charge on any atom is -0.356 e. The summed E-state index contributed by atoms with van der Waals surface area (Å²) in [5.74, 6) is -1.36. The first kappa shape index (κ1) is 22.0. The zero-order valence-electron chi connectivity index (χ0n) is 18.2. The van der Waals surface area contributed by atoms with E-state index < -0.39 is 11.7 Å². The molecule has 5 rings (SSSR count). The Bertz CT molecular complexity index is 929. The van der Waals surface area contributed by atoms with E-state index in [0.717, 1.165) is 32.2 Å². The highest BCUT2D eigenvalue weighted by molar-refractivity contribution is 9.10. The monoisotopic (exact) mass is 504 g/mol. The van der Waals surface area contributed by atoms with Gasteiger partial charge in [-0.2, -0.15) is 0 Å². The summed E-state index contributed by atoms with van der Waals surface area (Å²) in [4.78, 5) is 32.9. The first-order valence-corrected chi connectivity index (χ1v) is 12.6. The van der Waals surface area contributed by atoms with Crippen molar-refractivity contribution in [3.8, 4) is 0 Å². The van der Waals surface area contributed by atoms with Gasteiger partial charge in [-0.1, -0.05) is 12.2 Å². The molecule has 1 aliphatic heterocycles. The van der Waals surface area contributed by atoms with Crippen LogP contribution in [0.4, 0.5) is 10.1 Å². The van der Waals surface area contributed by atoms with Crippen LogP contribution in [-0.4, -0.2) is 47.9 Å². The van der Waals surface area contributed by atoms with E-state index >= 15 is 0 Å². The van der Waals surface area contributed by atoms with Crippen LogP contribution in [0, 0.1) is 34.9 Å². The lowest BCUT2D eigenvalue weighted by Gasteiger charge is -2.26. The number of carbonyl (C=O) groups excluding carboxylic acids is 2. The van der Waals surface area contributed by atoms with Crippen molar-refractivity contribution in [2.45, 2.75) is 38.5 Å². The van der Waals surface area contributed by atoms with Crippen molar-refractivity contribution in [1.82, 2.24) is 15.2 Å². The number of rotatable bonds is 8. The Morgan fingerprint density at radius 3 is 2.47 bits per heavy atom. The summed E-state index contributed by atoms with van der Waals surface area (Å²) >= 11 is 3.03. The van der Waals surface area contributed by atoms with Gasteiger partial charge < -0.3 is 15.5 Å². The summed E-state index contributed by atoms with van der Waals surface area (Å²) in [7, 11) is 0. The standard InChI is InChI=1S/C24H30BrFN4O2/c25-21-18(26)13-15(14-28-21)29-23(32)20-17-6-5-16(24(17)7-8-24)19(20)22(31)27-9-1-2-10-30-11-3-4-12-30/h5-6,13-14,16-17,19-20H,1-4,7-12H2,(H,27,31)(H,29,32)/t16-,17-,19-,20-/m1/s1. The average molecular weight is 505 g/mol. The van der Waals surface area contributed by atoms with Crippen molar-refractivity contribution in [2.24, 2.45) is 29.1 Å². The van der Waals surface area contributed by atoms with E-state index in [9.17, 15) is 14.0 Å². The molecule has 4 aliphatic rings.